The summed E-state index contributed by atoms with van der Waals surface area (Å²) >= 11 is 1.51. The van der Waals surface area contributed by atoms with E-state index in [2.05, 4.69) is 10.3 Å². The number of nitrogens with two attached hydrogens (primary N) is 1. The fraction of sp³-hybridized carbons (Fsp3) is 0.391. The molecule has 162 valence electrons. The van der Waals surface area contributed by atoms with E-state index >= 15 is 0 Å². The van der Waals surface area contributed by atoms with E-state index in [1.54, 1.807) is 36.4 Å². The third-order valence-electron chi connectivity index (χ3n) is 4.52. The topological polar surface area (TPSA) is 76.7 Å². The minimum atomic E-state index is -0.529. The molecule has 0 fully saturated rings. The minimum absolute atomic E-state index is 0.0489. The summed E-state index contributed by atoms with van der Waals surface area (Å²) in [6, 6.07) is 11.4. The van der Waals surface area contributed by atoms with E-state index in [0.29, 0.717) is 16.5 Å². The van der Waals surface area contributed by atoms with Gasteiger partial charge in [-0.05, 0) is 69.2 Å². The first kappa shape index (κ1) is 23.7. The average Bonchev–Trinajstić information content (AvgIpc) is 2.71. The number of carbonyl (C=O) groups is 1. The Morgan fingerprint density at radius 3 is 2.50 bits per heavy atom. The van der Waals surface area contributed by atoms with Gasteiger partial charge in [0.15, 0.2) is 5.17 Å². The number of carbonyl (C=O) groups excluding carboxylic acids is 1. The zero-order valence-electron chi connectivity index (χ0n) is 18.2. The molecule has 1 heterocycles. The van der Waals surface area contributed by atoms with E-state index in [0.717, 1.165) is 17.7 Å². The number of rotatable bonds is 5. The molecule has 0 bridgehead atoms. The van der Waals surface area contributed by atoms with Crippen LogP contribution in [0.25, 0.3) is 0 Å². The molecule has 0 aliphatic carbocycles. The number of hydrogen-bond acceptors (Lipinski definition) is 5. The molecule has 1 amide bonds. The van der Waals surface area contributed by atoms with Crippen LogP contribution in [0.3, 0.4) is 0 Å². The molecule has 2 aromatic rings. The summed E-state index contributed by atoms with van der Waals surface area (Å²) in [6.07, 6.45) is 0.835. The summed E-state index contributed by atoms with van der Waals surface area (Å²) in [7, 11) is 0. The Morgan fingerprint density at radius 1 is 1.23 bits per heavy atom. The van der Waals surface area contributed by atoms with Gasteiger partial charge in [0.1, 0.15) is 11.6 Å². The fourth-order valence-electron chi connectivity index (χ4n) is 3.00. The van der Waals surface area contributed by atoms with Gasteiger partial charge in [-0.2, -0.15) is 0 Å². The summed E-state index contributed by atoms with van der Waals surface area (Å²) in [5.74, 6) is 0.635. The van der Waals surface area contributed by atoms with Gasteiger partial charge in [0.2, 0.25) is 0 Å². The molecule has 0 spiro atoms. The summed E-state index contributed by atoms with van der Waals surface area (Å²) in [4.78, 5) is 17.1. The lowest BCUT2D eigenvalue weighted by Gasteiger charge is -2.30. The van der Waals surface area contributed by atoms with Crippen molar-refractivity contribution in [1.29, 1.82) is 0 Å². The maximum absolute atomic E-state index is 14.3. The molecule has 30 heavy (non-hydrogen) atoms. The predicted molar refractivity (Wildman–Crippen MR) is 124 cm³/mol. The standard InChI is InChI=1S/C21H24FN3O2S.C2H6/c1-13(2)27-16-7-4-14(5-8-16)19(26)24-18-12-15(6-9-17(18)22)21(3)10-11-28-20(23)25-21;1-2/h4-9,12-13H,10-11H2,1-3H3,(H2,23,25)(H,24,26);1-2H3. The number of halogens is 1. The number of hydrogen-bond donors (Lipinski definition) is 2. The van der Waals surface area contributed by atoms with Gasteiger partial charge in [-0.15, -0.1) is 0 Å². The average molecular weight is 432 g/mol. The van der Waals surface area contributed by atoms with Gasteiger partial charge in [0.05, 0.1) is 17.3 Å². The molecular weight excluding hydrogens is 401 g/mol. The third-order valence-corrected chi connectivity index (χ3v) is 5.32. The van der Waals surface area contributed by atoms with Crippen LogP contribution in [0, 0.1) is 5.82 Å². The summed E-state index contributed by atoms with van der Waals surface area (Å²) in [5, 5.41) is 3.18. The second-order valence-corrected chi connectivity index (χ2v) is 8.28. The summed E-state index contributed by atoms with van der Waals surface area (Å²) in [5.41, 5.74) is 6.70. The van der Waals surface area contributed by atoms with Gasteiger partial charge in [-0.1, -0.05) is 31.7 Å². The van der Waals surface area contributed by atoms with Crippen molar-refractivity contribution in [2.24, 2.45) is 10.7 Å². The van der Waals surface area contributed by atoms with Crippen LogP contribution in [0.1, 0.15) is 57.0 Å². The van der Waals surface area contributed by atoms with E-state index in [1.165, 1.54) is 17.8 Å². The number of benzene rings is 2. The lowest BCUT2D eigenvalue weighted by atomic mass is 9.89. The Hall–Kier alpha value is -2.54. The van der Waals surface area contributed by atoms with E-state index in [-0.39, 0.29) is 17.7 Å². The molecule has 1 atom stereocenters. The Morgan fingerprint density at radius 2 is 1.90 bits per heavy atom. The van der Waals surface area contributed by atoms with Crippen LogP contribution in [0.15, 0.2) is 47.5 Å². The molecule has 3 rings (SSSR count). The smallest absolute Gasteiger partial charge is 0.255 e. The molecule has 1 aliphatic heterocycles. The van der Waals surface area contributed by atoms with Crippen molar-refractivity contribution in [3.05, 3.63) is 59.4 Å². The highest BCUT2D eigenvalue weighted by Gasteiger charge is 2.30. The Balaban J connectivity index is 0.00000155. The van der Waals surface area contributed by atoms with Crippen molar-refractivity contribution >= 4 is 28.5 Å². The highest BCUT2D eigenvalue weighted by molar-refractivity contribution is 8.13. The van der Waals surface area contributed by atoms with Crippen LogP contribution < -0.4 is 15.8 Å². The van der Waals surface area contributed by atoms with Crippen molar-refractivity contribution in [2.75, 3.05) is 11.1 Å². The molecule has 1 aliphatic rings. The number of aliphatic imine (C=N–C) groups is 1. The quantitative estimate of drug-likeness (QED) is 0.650. The fourth-order valence-corrected chi connectivity index (χ4v) is 3.98. The van der Waals surface area contributed by atoms with Crippen molar-refractivity contribution < 1.29 is 13.9 Å². The van der Waals surface area contributed by atoms with E-state index in [9.17, 15) is 9.18 Å². The van der Waals surface area contributed by atoms with Crippen LogP contribution in [0.2, 0.25) is 0 Å². The van der Waals surface area contributed by atoms with Gasteiger partial charge in [-0.25, -0.2) is 4.39 Å². The molecule has 2 aromatic carbocycles. The number of nitrogens with zero attached hydrogens (tertiary/aromatic N) is 1. The molecule has 0 radical (unpaired) electrons. The second kappa shape index (κ2) is 10.5. The van der Waals surface area contributed by atoms with Crippen molar-refractivity contribution in [3.63, 3.8) is 0 Å². The molecule has 0 saturated carbocycles. The first-order valence-corrected chi connectivity index (χ1v) is 11.1. The monoisotopic (exact) mass is 431 g/mol. The van der Waals surface area contributed by atoms with Gasteiger partial charge in [0, 0.05) is 11.3 Å². The number of nitrogens with one attached hydrogen (secondary N) is 1. The first-order chi connectivity index (χ1) is 14.3. The largest absolute Gasteiger partial charge is 0.491 e. The van der Waals surface area contributed by atoms with Crippen molar-refractivity contribution in [2.45, 2.75) is 52.7 Å². The van der Waals surface area contributed by atoms with Crippen LogP contribution in [0.4, 0.5) is 10.1 Å². The summed E-state index contributed by atoms with van der Waals surface area (Å²) in [6.45, 7) is 9.82. The Bertz CT molecular complexity index is 900. The van der Waals surface area contributed by atoms with Crippen LogP contribution >= 0.6 is 11.8 Å². The normalized spacial score (nSPS) is 18.2. The summed E-state index contributed by atoms with van der Waals surface area (Å²) < 4.78 is 19.9. The maximum Gasteiger partial charge on any atom is 0.255 e. The van der Waals surface area contributed by atoms with Crippen LogP contribution in [-0.2, 0) is 5.54 Å². The molecular formula is C23H30FN3O2S. The zero-order chi connectivity index (χ0) is 22.3. The first-order valence-electron chi connectivity index (χ1n) is 10.1. The second-order valence-electron chi connectivity index (χ2n) is 7.16. The number of amidine groups is 1. The highest BCUT2D eigenvalue weighted by Crippen LogP contribution is 2.36. The minimum Gasteiger partial charge on any atom is -0.491 e. The molecule has 5 nitrogen and oxygen atoms in total. The predicted octanol–water partition coefficient (Wildman–Crippen LogP) is 5.56. The van der Waals surface area contributed by atoms with Gasteiger partial charge < -0.3 is 15.8 Å². The lowest BCUT2D eigenvalue weighted by Crippen LogP contribution is -2.29. The third kappa shape index (κ3) is 5.98. The van der Waals surface area contributed by atoms with Crippen LogP contribution in [0.5, 0.6) is 5.75 Å². The van der Waals surface area contributed by atoms with E-state index < -0.39 is 11.4 Å². The SMILES string of the molecule is CC.CC(C)Oc1ccc(C(=O)Nc2cc(C3(C)CCSC(N)=N3)ccc2F)cc1. The Kier molecular flexibility index (Phi) is 8.29. The van der Waals surface area contributed by atoms with Crippen molar-refractivity contribution in [3.8, 4) is 5.75 Å². The zero-order valence-corrected chi connectivity index (χ0v) is 19.0. The Labute approximate surface area is 182 Å². The van der Waals surface area contributed by atoms with Crippen molar-refractivity contribution in [1.82, 2.24) is 0 Å². The van der Waals surface area contributed by atoms with E-state index in [1.807, 2.05) is 34.6 Å². The van der Waals surface area contributed by atoms with E-state index in [4.69, 9.17) is 10.5 Å². The molecule has 0 saturated heterocycles. The number of ether oxygens (including phenoxy) is 1. The molecule has 3 N–H and O–H groups in total. The number of amides is 1. The molecule has 7 heteroatoms. The number of thioether (sulfide) groups is 1. The maximum atomic E-state index is 14.3. The van der Waals surface area contributed by atoms with Crippen LogP contribution in [-0.4, -0.2) is 22.9 Å². The van der Waals surface area contributed by atoms with Gasteiger partial charge >= 0.3 is 0 Å². The lowest BCUT2D eigenvalue weighted by molar-refractivity contribution is 0.102. The molecule has 1 unspecified atom stereocenters. The highest BCUT2D eigenvalue weighted by atomic mass is 32.2. The molecule has 0 aromatic heterocycles. The number of anilines is 1. The van der Waals surface area contributed by atoms with Gasteiger partial charge in [0.25, 0.3) is 5.91 Å². The van der Waals surface area contributed by atoms with Gasteiger partial charge in [-0.3, -0.25) is 9.79 Å².